The average molecular weight is 425 g/mol. The third-order valence-corrected chi connectivity index (χ3v) is 6.21. The summed E-state index contributed by atoms with van der Waals surface area (Å²) in [5.41, 5.74) is 3.43. The molecule has 0 aliphatic heterocycles. The van der Waals surface area contributed by atoms with Gasteiger partial charge in [0.15, 0.2) is 0 Å². The van der Waals surface area contributed by atoms with Crippen LogP contribution in [0.15, 0.2) is 24.3 Å². The lowest BCUT2D eigenvalue weighted by atomic mass is 9.92. The number of aliphatic hydroxyl groups excluding tert-OH is 1. The lowest BCUT2D eigenvalue weighted by molar-refractivity contribution is -0.137. The Balaban J connectivity index is 1.93. The molecule has 162 valence electrons. The van der Waals surface area contributed by atoms with Crippen LogP contribution in [0.3, 0.4) is 0 Å². The number of halogens is 1. The SMILES string of the molecule is COCc1c(C)cc(OCC2C(O)C[C@@H](Cl)[C@@H]2CC=CCCCC(=O)O)cc1C. The number of allylic oxidation sites excluding steroid dienone is 2. The number of benzene rings is 1. The molecule has 1 aromatic rings. The fraction of sp³-hybridized carbons (Fsp3) is 0.609. The van der Waals surface area contributed by atoms with E-state index in [0.29, 0.717) is 26.1 Å². The summed E-state index contributed by atoms with van der Waals surface area (Å²) in [6, 6.07) is 4.02. The molecule has 1 saturated carbocycles. The molecule has 2 N–H and O–H groups in total. The molecular formula is C23H33ClO5. The number of alkyl halides is 1. The number of hydrogen-bond donors (Lipinski definition) is 2. The quantitative estimate of drug-likeness (QED) is 0.307. The summed E-state index contributed by atoms with van der Waals surface area (Å²) in [5, 5.41) is 19.1. The highest BCUT2D eigenvalue weighted by atomic mass is 35.5. The average Bonchev–Trinajstić information content (AvgIpc) is 2.92. The van der Waals surface area contributed by atoms with Crippen molar-refractivity contribution < 1.29 is 24.5 Å². The smallest absolute Gasteiger partial charge is 0.303 e. The highest BCUT2D eigenvalue weighted by Crippen LogP contribution is 2.39. The Morgan fingerprint density at radius 1 is 1.24 bits per heavy atom. The van der Waals surface area contributed by atoms with Gasteiger partial charge in [0.2, 0.25) is 0 Å². The zero-order chi connectivity index (χ0) is 21.4. The van der Waals surface area contributed by atoms with Crippen molar-refractivity contribution in [1.82, 2.24) is 0 Å². The van der Waals surface area contributed by atoms with Gasteiger partial charge in [0.05, 0.1) is 19.3 Å². The summed E-state index contributed by atoms with van der Waals surface area (Å²) in [6.07, 6.45) is 6.48. The van der Waals surface area contributed by atoms with Crippen LogP contribution >= 0.6 is 11.6 Å². The van der Waals surface area contributed by atoms with E-state index in [-0.39, 0.29) is 23.6 Å². The molecule has 0 aromatic heterocycles. The fourth-order valence-electron chi connectivity index (χ4n) is 4.03. The van der Waals surface area contributed by atoms with Gasteiger partial charge in [0.25, 0.3) is 0 Å². The number of methoxy groups -OCH3 is 1. The number of rotatable bonds is 11. The van der Waals surface area contributed by atoms with Gasteiger partial charge in [-0.3, -0.25) is 4.79 Å². The van der Waals surface area contributed by atoms with E-state index in [9.17, 15) is 9.90 Å². The minimum absolute atomic E-state index is 0.0274. The number of carbonyl (C=O) groups is 1. The van der Waals surface area contributed by atoms with Crippen LogP contribution in [-0.2, 0) is 16.1 Å². The molecule has 6 heteroatoms. The molecule has 0 spiro atoms. The second kappa shape index (κ2) is 11.6. The third kappa shape index (κ3) is 7.02. The molecule has 0 heterocycles. The van der Waals surface area contributed by atoms with E-state index >= 15 is 0 Å². The van der Waals surface area contributed by atoms with Gasteiger partial charge in [-0.2, -0.15) is 0 Å². The van der Waals surface area contributed by atoms with Crippen LogP contribution < -0.4 is 4.74 Å². The minimum atomic E-state index is -0.768. The molecule has 0 bridgehead atoms. The standard InChI is InChI=1S/C23H33ClO5/c1-15-10-17(11-16(2)19(15)13-28-3)29-14-20-18(21(24)12-22(20)25)8-6-4-5-7-9-23(26)27/h4,6,10-11,18,20-22,25H,5,7-9,12-14H2,1-3H3,(H,26,27)/t18-,20?,21-,22?/m1/s1. The highest BCUT2D eigenvalue weighted by molar-refractivity contribution is 6.21. The van der Waals surface area contributed by atoms with Gasteiger partial charge >= 0.3 is 5.97 Å². The van der Waals surface area contributed by atoms with Crippen LogP contribution in [-0.4, -0.2) is 41.4 Å². The van der Waals surface area contributed by atoms with Crippen molar-refractivity contribution in [2.24, 2.45) is 11.8 Å². The highest BCUT2D eigenvalue weighted by Gasteiger charge is 2.41. The maximum Gasteiger partial charge on any atom is 0.303 e. The normalized spacial score (nSPS) is 24.3. The van der Waals surface area contributed by atoms with Crippen LogP contribution in [0.25, 0.3) is 0 Å². The van der Waals surface area contributed by atoms with Gasteiger partial charge in [0.1, 0.15) is 5.75 Å². The van der Waals surface area contributed by atoms with Crippen molar-refractivity contribution in [1.29, 1.82) is 0 Å². The Hall–Kier alpha value is -1.56. The van der Waals surface area contributed by atoms with E-state index in [4.69, 9.17) is 26.2 Å². The van der Waals surface area contributed by atoms with Crippen LogP contribution in [0.4, 0.5) is 0 Å². The molecule has 0 amide bonds. The van der Waals surface area contributed by atoms with Crippen molar-refractivity contribution in [3.05, 3.63) is 41.0 Å². The number of ether oxygens (including phenoxy) is 2. The molecule has 0 radical (unpaired) electrons. The number of aliphatic hydroxyl groups is 1. The first-order valence-corrected chi connectivity index (χ1v) is 10.7. The van der Waals surface area contributed by atoms with Crippen molar-refractivity contribution in [2.75, 3.05) is 13.7 Å². The Morgan fingerprint density at radius 2 is 1.93 bits per heavy atom. The first kappa shape index (κ1) is 23.7. The number of carboxylic acid groups (broad SMARTS) is 1. The largest absolute Gasteiger partial charge is 0.493 e. The predicted octanol–water partition coefficient (Wildman–Crippen LogP) is 4.63. The number of aryl methyl sites for hydroxylation is 2. The number of hydrogen-bond acceptors (Lipinski definition) is 4. The summed E-state index contributed by atoms with van der Waals surface area (Å²) in [6.45, 7) is 5.09. The lowest BCUT2D eigenvalue weighted by Gasteiger charge is -2.23. The Morgan fingerprint density at radius 3 is 2.55 bits per heavy atom. The van der Waals surface area contributed by atoms with Gasteiger partial charge < -0.3 is 19.7 Å². The van der Waals surface area contributed by atoms with Crippen molar-refractivity contribution in [3.63, 3.8) is 0 Å². The fourth-order valence-corrected chi connectivity index (χ4v) is 4.51. The van der Waals surface area contributed by atoms with E-state index in [1.165, 1.54) is 5.56 Å². The van der Waals surface area contributed by atoms with E-state index in [1.54, 1.807) is 7.11 Å². The second-order valence-electron chi connectivity index (χ2n) is 7.92. The van der Waals surface area contributed by atoms with Gasteiger partial charge in [0, 0.05) is 24.8 Å². The molecule has 1 fully saturated rings. The molecular weight excluding hydrogens is 392 g/mol. The lowest BCUT2D eigenvalue weighted by Crippen LogP contribution is -2.27. The monoisotopic (exact) mass is 424 g/mol. The first-order chi connectivity index (χ1) is 13.8. The number of aliphatic carboxylic acids is 1. The molecule has 1 aliphatic rings. The Bertz CT molecular complexity index is 680. The maximum absolute atomic E-state index is 10.6. The molecule has 4 atom stereocenters. The second-order valence-corrected chi connectivity index (χ2v) is 8.48. The maximum atomic E-state index is 10.6. The first-order valence-electron chi connectivity index (χ1n) is 10.2. The third-order valence-electron chi connectivity index (χ3n) is 5.71. The Labute approximate surface area is 178 Å². The molecule has 1 aromatic carbocycles. The van der Waals surface area contributed by atoms with Gasteiger partial charge in [-0.05, 0) is 74.3 Å². The van der Waals surface area contributed by atoms with E-state index < -0.39 is 12.1 Å². The van der Waals surface area contributed by atoms with Crippen LogP contribution in [0.5, 0.6) is 5.75 Å². The molecule has 2 rings (SSSR count). The molecule has 2 unspecified atom stereocenters. The number of unbranched alkanes of at least 4 members (excludes halogenated alkanes) is 1. The minimum Gasteiger partial charge on any atom is -0.493 e. The summed E-state index contributed by atoms with van der Waals surface area (Å²) in [5.74, 6) is 0.141. The zero-order valence-corrected chi connectivity index (χ0v) is 18.3. The van der Waals surface area contributed by atoms with Crippen molar-refractivity contribution in [2.45, 2.75) is 64.0 Å². The van der Waals surface area contributed by atoms with E-state index in [0.717, 1.165) is 29.7 Å². The van der Waals surface area contributed by atoms with E-state index in [1.807, 2.05) is 32.1 Å². The van der Waals surface area contributed by atoms with Crippen LogP contribution in [0, 0.1) is 25.7 Å². The summed E-state index contributed by atoms with van der Waals surface area (Å²) >= 11 is 6.50. The molecule has 29 heavy (non-hydrogen) atoms. The van der Waals surface area contributed by atoms with E-state index in [2.05, 4.69) is 6.08 Å². The van der Waals surface area contributed by atoms with Gasteiger partial charge in [-0.25, -0.2) is 0 Å². The van der Waals surface area contributed by atoms with Crippen LogP contribution in [0.1, 0.15) is 48.8 Å². The predicted molar refractivity (Wildman–Crippen MR) is 115 cm³/mol. The molecule has 1 aliphatic carbocycles. The molecule has 5 nitrogen and oxygen atoms in total. The summed E-state index contributed by atoms with van der Waals surface area (Å²) in [7, 11) is 1.69. The van der Waals surface area contributed by atoms with Gasteiger partial charge in [-0.1, -0.05) is 12.2 Å². The Kier molecular flexibility index (Phi) is 9.47. The van der Waals surface area contributed by atoms with Crippen molar-refractivity contribution in [3.8, 4) is 5.75 Å². The van der Waals surface area contributed by atoms with Crippen molar-refractivity contribution >= 4 is 17.6 Å². The number of carboxylic acids is 1. The molecule has 0 saturated heterocycles. The summed E-state index contributed by atoms with van der Waals surface area (Å²) in [4.78, 5) is 10.6. The van der Waals surface area contributed by atoms with Crippen LogP contribution in [0.2, 0.25) is 0 Å². The zero-order valence-electron chi connectivity index (χ0n) is 17.6. The van der Waals surface area contributed by atoms with Gasteiger partial charge in [-0.15, -0.1) is 11.6 Å². The topological polar surface area (TPSA) is 76.0 Å². The summed E-state index contributed by atoms with van der Waals surface area (Å²) < 4.78 is 11.3.